The molecule has 0 radical (unpaired) electrons. The highest BCUT2D eigenvalue weighted by molar-refractivity contribution is 5.93. The lowest BCUT2D eigenvalue weighted by Crippen LogP contribution is -2.44. The third-order valence-corrected chi connectivity index (χ3v) is 6.33. The average molecular weight is 393 g/mol. The van der Waals surface area contributed by atoms with E-state index in [0.29, 0.717) is 12.0 Å². The highest BCUT2D eigenvalue weighted by Crippen LogP contribution is 2.52. The van der Waals surface area contributed by atoms with Crippen LogP contribution in [0.25, 0.3) is 0 Å². The van der Waals surface area contributed by atoms with Crippen molar-refractivity contribution in [2.75, 3.05) is 13.1 Å². The first-order valence-electron chi connectivity index (χ1n) is 10.4. The summed E-state index contributed by atoms with van der Waals surface area (Å²) in [6.45, 7) is 5.43. The molecule has 0 unspecified atom stereocenters. The first kappa shape index (κ1) is 19.6. The summed E-state index contributed by atoms with van der Waals surface area (Å²) in [5.74, 6) is 0.389. The van der Waals surface area contributed by atoms with E-state index in [0.717, 1.165) is 32.4 Å². The van der Waals surface area contributed by atoms with E-state index in [4.69, 9.17) is 0 Å². The predicted octanol–water partition coefficient (Wildman–Crippen LogP) is 3.05. The van der Waals surface area contributed by atoms with Crippen LogP contribution in [0.15, 0.2) is 42.7 Å². The van der Waals surface area contributed by atoms with E-state index in [1.807, 2.05) is 18.7 Å². The number of hydrogen-bond acceptors (Lipinski definition) is 4. The van der Waals surface area contributed by atoms with Gasteiger partial charge in [-0.2, -0.15) is 10.2 Å². The summed E-state index contributed by atoms with van der Waals surface area (Å²) in [6, 6.07) is 10.4. The maximum atomic E-state index is 12.8. The molecule has 1 aliphatic carbocycles. The fourth-order valence-corrected chi connectivity index (χ4v) is 5.03. The number of rotatable bonds is 4. The van der Waals surface area contributed by atoms with Crippen molar-refractivity contribution in [1.29, 1.82) is 0 Å². The van der Waals surface area contributed by atoms with Crippen molar-refractivity contribution < 1.29 is 9.59 Å². The molecule has 1 aliphatic heterocycles. The zero-order chi connectivity index (χ0) is 20.4. The van der Waals surface area contributed by atoms with E-state index in [1.54, 1.807) is 12.3 Å². The van der Waals surface area contributed by atoms with Crippen LogP contribution >= 0.6 is 0 Å². The molecule has 1 spiro atoms. The van der Waals surface area contributed by atoms with Gasteiger partial charge >= 0.3 is 0 Å². The van der Waals surface area contributed by atoms with Crippen molar-refractivity contribution in [3.8, 4) is 0 Å². The summed E-state index contributed by atoms with van der Waals surface area (Å²) in [5.41, 5.74) is 3.34. The number of fused-ring (bicyclic) bond motifs is 2. The molecule has 1 N–H and O–H groups in total. The predicted molar refractivity (Wildman–Crippen MR) is 111 cm³/mol. The van der Waals surface area contributed by atoms with Crippen LogP contribution in [-0.4, -0.2) is 46.0 Å². The molecule has 1 aromatic carbocycles. The Morgan fingerprint density at radius 3 is 2.62 bits per heavy atom. The van der Waals surface area contributed by atoms with Gasteiger partial charge in [0.15, 0.2) is 0 Å². The van der Waals surface area contributed by atoms with Crippen LogP contribution in [0.5, 0.6) is 0 Å². The molecule has 2 aromatic rings. The lowest BCUT2D eigenvalue weighted by atomic mass is 9.73. The molecule has 29 heavy (non-hydrogen) atoms. The van der Waals surface area contributed by atoms with Crippen LogP contribution in [0.1, 0.15) is 66.9 Å². The zero-order valence-corrected chi connectivity index (χ0v) is 17.1. The van der Waals surface area contributed by atoms with Gasteiger partial charge in [-0.1, -0.05) is 24.3 Å². The first-order valence-corrected chi connectivity index (χ1v) is 10.4. The zero-order valence-electron chi connectivity index (χ0n) is 17.1. The Labute approximate surface area is 171 Å². The van der Waals surface area contributed by atoms with Crippen molar-refractivity contribution in [3.05, 3.63) is 59.4 Å². The summed E-state index contributed by atoms with van der Waals surface area (Å²) >= 11 is 0. The molecule has 1 aromatic heterocycles. The molecule has 0 bridgehead atoms. The summed E-state index contributed by atoms with van der Waals surface area (Å²) in [4.78, 5) is 27.1. The van der Waals surface area contributed by atoms with E-state index < -0.39 is 0 Å². The third kappa shape index (κ3) is 3.88. The Kier molecular flexibility index (Phi) is 5.35. The molecule has 2 aliphatic rings. The van der Waals surface area contributed by atoms with Crippen molar-refractivity contribution in [3.63, 3.8) is 0 Å². The Morgan fingerprint density at radius 2 is 1.93 bits per heavy atom. The summed E-state index contributed by atoms with van der Waals surface area (Å²) in [6.07, 6.45) is 6.45. The highest BCUT2D eigenvalue weighted by Gasteiger charge is 2.46. The largest absolute Gasteiger partial charge is 0.354 e. The molecule has 6 nitrogen and oxygen atoms in total. The Balaban J connectivity index is 1.49. The molecule has 2 heterocycles. The molecular weight excluding hydrogens is 364 g/mol. The van der Waals surface area contributed by atoms with Crippen LogP contribution in [0.4, 0.5) is 0 Å². The van der Waals surface area contributed by atoms with Gasteiger partial charge in [-0.25, -0.2) is 0 Å². The minimum Gasteiger partial charge on any atom is -0.354 e. The number of carbonyl (C=O) groups is 2. The minimum atomic E-state index is 0.0221. The van der Waals surface area contributed by atoms with Gasteiger partial charge in [0.1, 0.15) is 0 Å². The Hall–Kier alpha value is -2.76. The molecular formula is C23H28N4O2. The fourth-order valence-electron chi connectivity index (χ4n) is 5.03. The van der Waals surface area contributed by atoms with Gasteiger partial charge in [0, 0.05) is 25.6 Å². The smallest absolute Gasteiger partial charge is 0.255 e. The summed E-state index contributed by atoms with van der Waals surface area (Å²) in [5, 5.41) is 10.6. The van der Waals surface area contributed by atoms with Crippen molar-refractivity contribution in [2.24, 2.45) is 0 Å². The molecule has 1 fully saturated rings. The summed E-state index contributed by atoms with van der Waals surface area (Å²) in [7, 11) is 0. The molecule has 4 rings (SSSR count). The average Bonchev–Trinajstić information content (AvgIpc) is 3.01. The number of benzene rings is 1. The number of likely N-dealkylation sites (tertiary alicyclic amines) is 1. The van der Waals surface area contributed by atoms with E-state index in [-0.39, 0.29) is 29.2 Å². The Morgan fingerprint density at radius 1 is 1.17 bits per heavy atom. The minimum absolute atomic E-state index is 0.0221. The van der Waals surface area contributed by atoms with Gasteiger partial charge in [-0.15, -0.1) is 0 Å². The van der Waals surface area contributed by atoms with E-state index in [9.17, 15) is 9.59 Å². The normalized spacial score (nSPS) is 20.0. The number of piperidine rings is 1. The van der Waals surface area contributed by atoms with Gasteiger partial charge in [0.05, 0.1) is 18.0 Å². The van der Waals surface area contributed by atoms with Gasteiger partial charge < -0.3 is 10.2 Å². The van der Waals surface area contributed by atoms with Crippen LogP contribution in [0.2, 0.25) is 0 Å². The lowest BCUT2D eigenvalue weighted by molar-refractivity contribution is -0.122. The third-order valence-electron chi connectivity index (χ3n) is 6.33. The van der Waals surface area contributed by atoms with Gasteiger partial charge in [-0.05, 0) is 61.6 Å². The van der Waals surface area contributed by atoms with E-state index >= 15 is 0 Å². The molecule has 152 valence electrons. The maximum absolute atomic E-state index is 12.8. The first-order chi connectivity index (χ1) is 14.0. The fraction of sp³-hybridized carbons (Fsp3) is 0.478. The molecule has 0 saturated carbocycles. The second-order valence-electron chi connectivity index (χ2n) is 8.62. The lowest BCUT2D eigenvalue weighted by Gasteiger charge is -2.40. The molecule has 1 saturated heterocycles. The molecule has 6 heteroatoms. The highest BCUT2D eigenvalue weighted by atomic mass is 16.2. The number of nitrogens with one attached hydrogen (secondary N) is 1. The quantitative estimate of drug-likeness (QED) is 0.868. The standard InChI is InChI=1S/C23H28N4O2/c1-16(2)26-21(28)13-18-14-23(20-6-4-3-5-19(18)20)8-11-27(12-9-23)22(29)17-7-10-24-25-15-17/h3-7,10,15-16,18H,8-9,11-14H2,1-2H3,(H,26,28)/t18-/m0/s1. The van der Waals surface area contributed by atoms with E-state index in [1.165, 1.54) is 17.3 Å². The van der Waals surface area contributed by atoms with Crippen LogP contribution in [0.3, 0.4) is 0 Å². The van der Waals surface area contributed by atoms with Gasteiger partial charge in [0.2, 0.25) is 5.91 Å². The monoisotopic (exact) mass is 392 g/mol. The van der Waals surface area contributed by atoms with E-state index in [2.05, 4.69) is 39.8 Å². The molecule has 2 amide bonds. The second-order valence-corrected chi connectivity index (χ2v) is 8.62. The van der Waals surface area contributed by atoms with Crippen LogP contribution in [-0.2, 0) is 10.2 Å². The number of nitrogens with zero attached hydrogens (tertiary/aromatic N) is 3. The van der Waals surface area contributed by atoms with Crippen LogP contribution < -0.4 is 5.32 Å². The van der Waals surface area contributed by atoms with Crippen molar-refractivity contribution in [1.82, 2.24) is 20.4 Å². The number of hydrogen-bond donors (Lipinski definition) is 1. The van der Waals surface area contributed by atoms with Gasteiger partial charge in [-0.3, -0.25) is 9.59 Å². The topological polar surface area (TPSA) is 75.2 Å². The van der Waals surface area contributed by atoms with Crippen LogP contribution in [0, 0.1) is 0 Å². The van der Waals surface area contributed by atoms with Gasteiger partial charge in [0.25, 0.3) is 5.91 Å². The number of amides is 2. The SMILES string of the molecule is CC(C)NC(=O)C[C@H]1CC2(CCN(C(=O)c3ccnnc3)CC2)c2ccccc21. The molecule has 1 atom stereocenters. The van der Waals surface area contributed by atoms with Crippen molar-refractivity contribution >= 4 is 11.8 Å². The summed E-state index contributed by atoms with van der Waals surface area (Å²) < 4.78 is 0. The second kappa shape index (κ2) is 7.93. The maximum Gasteiger partial charge on any atom is 0.255 e. The number of aromatic nitrogens is 2. The Bertz CT molecular complexity index is 889. The van der Waals surface area contributed by atoms with Crippen molar-refractivity contribution in [2.45, 2.75) is 56.9 Å². The number of carbonyl (C=O) groups excluding carboxylic acids is 2.